The van der Waals surface area contributed by atoms with Crippen LogP contribution in [0.3, 0.4) is 0 Å². The minimum absolute atomic E-state index is 0.309. The van der Waals surface area contributed by atoms with Gasteiger partial charge in [0.2, 0.25) is 6.23 Å². The Bertz CT molecular complexity index is 1120. The normalized spacial score (nSPS) is 32.4. The number of rotatable bonds is 9. The fraction of sp³-hybridized carbons (Fsp3) is 0.600. The zero-order chi connectivity index (χ0) is 24.8. The second-order valence-corrected chi connectivity index (χ2v) is 10.9. The van der Waals surface area contributed by atoms with Gasteiger partial charge in [-0.15, -0.1) is 11.6 Å². The van der Waals surface area contributed by atoms with Crippen molar-refractivity contribution in [2.75, 3.05) is 12.5 Å². The van der Waals surface area contributed by atoms with Crippen LogP contribution in [0.25, 0.3) is 0 Å². The van der Waals surface area contributed by atoms with Gasteiger partial charge < -0.3 is 34.5 Å². The number of aromatic nitrogens is 2. The summed E-state index contributed by atoms with van der Waals surface area (Å²) in [7, 11) is -17.3. The Labute approximate surface area is 180 Å². The summed E-state index contributed by atoms with van der Waals surface area (Å²) in [6, 6.07) is 0.736. The number of nitrogens with one attached hydrogen (secondary N) is 1. The molecule has 0 aromatic carbocycles. The standard InChI is InChI=1S/C10H15ClFN2O15P3/c11-3-9(4-26-31(22,23)29-32(24,25)28-30(19,20)21)6(16)10(12,18)7(27-9)14-2-1-5(15)13-8(14)17/h1-2,6-7,16,18H,3-4H2,(H,22,23)(H,24,25)(H,13,15,17)(H2,19,20,21)/t6-,7+,9+,10+/m0/s1. The smallest absolute Gasteiger partial charge is 0.384 e. The largest absolute Gasteiger partial charge is 0.490 e. The third-order valence-corrected chi connectivity index (χ3v) is 8.03. The lowest BCUT2D eigenvalue weighted by atomic mass is 9.97. The van der Waals surface area contributed by atoms with Gasteiger partial charge in [0, 0.05) is 12.3 Å². The number of ether oxygens (including phenoxy) is 1. The molecule has 1 aromatic heterocycles. The molecule has 17 nitrogen and oxygen atoms in total. The van der Waals surface area contributed by atoms with Crippen LogP contribution in [0.2, 0.25) is 0 Å². The number of hydrogen-bond acceptors (Lipinski definition) is 11. The molecule has 2 rings (SSSR count). The number of aliphatic hydroxyl groups is 2. The van der Waals surface area contributed by atoms with Crippen LogP contribution in [0.4, 0.5) is 4.39 Å². The van der Waals surface area contributed by atoms with Crippen molar-refractivity contribution in [3.05, 3.63) is 33.1 Å². The summed E-state index contributed by atoms with van der Waals surface area (Å²) in [5, 5.41) is 20.2. The number of aliphatic hydroxyl groups excluding tert-OH is 1. The molecule has 7 N–H and O–H groups in total. The van der Waals surface area contributed by atoms with E-state index in [-0.39, 0.29) is 0 Å². The first-order valence-corrected chi connectivity index (χ1v) is 12.8. The summed E-state index contributed by atoms with van der Waals surface area (Å²) < 4.78 is 65.3. The highest BCUT2D eigenvalue weighted by Crippen LogP contribution is 2.66. The Balaban J connectivity index is 2.28. The van der Waals surface area contributed by atoms with Crippen LogP contribution in [-0.4, -0.2) is 69.4 Å². The van der Waals surface area contributed by atoms with Crippen molar-refractivity contribution >= 4 is 35.1 Å². The summed E-state index contributed by atoms with van der Waals surface area (Å²) in [6.45, 7) is -1.44. The molecule has 184 valence electrons. The van der Waals surface area contributed by atoms with Crippen LogP contribution in [0.1, 0.15) is 6.23 Å². The van der Waals surface area contributed by atoms with Gasteiger partial charge in [0.1, 0.15) is 11.7 Å². The third-order valence-electron chi connectivity index (χ3n) is 3.79. The Morgan fingerprint density at radius 1 is 1.19 bits per heavy atom. The molecule has 1 saturated heterocycles. The molecule has 0 aliphatic carbocycles. The van der Waals surface area contributed by atoms with E-state index in [1.165, 1.54) is 0 Å². The maximum Gasteiger partial charge on any atom is 0.490 e. The van der Waals surface area contributed by atoms with Gasteiger partial charge in [0.25, 0.3) is 11.4 Å². The average Bonchev–Trinajstić information content (AvgIpc) is 2.78. The highest BCUT2D eigenvalue weighted by Gasteiger charge is 2.66. The monoisotopic (exact) mass is 550 g/mol. The molecule has 0 spiro atoms. The Morgan fingerprint density at radius 2 is 1.78 bits per heavy atom. The number of nitrogens with zero attached hydrogens (tertiary/aromatic N) is 1. The number of H-pyrrole nitrogens is 1. The van der Waals surface area contributed by atoms with Crippen LogP contribution in [0, 0.1) is 0 Å². The molecule has 1 aromatic rings. The summed E-state index contributed by atoms with van der Waals surface area (Å²) in [5.41, 5.74) is -4.79. The molecule has 0 bridgehead atoms. The molecule has 0 radical (unpaired) electrons. The molecular formula is C10H15ClFN2O15P3. The third kappa shape index (κ3) is 6.20. The Morgan fingerprint density at radius 3 is 2.28 bits per heavy atom. The number of alkyl halides is 2. The second-order valence-electron chi connectivity index (χ2n) is 6.18. The van der Waals surface area contributed by atoms with Crippen LogP contribution >= 0.6 is 35.1 Å². The summed E-state index contributed by atoms with van der Waals surface area (Å²) in [4.78, 5) is 60.3. The van der Waals surface area contributed by atoms with E-state index < -0.39 is 71.0 Å². The minimum Gasteiger partial charge on any atom is -0.384 e. The number of halogens is 2. The van der Waals surface area contributed by atoms with Crippen molar-refractivity contribution in [2.24, 2.45) is 0 Å². The lowest BCUT2D eigenvalue weighted by molar-refractivity contribution is -0.197. The topological polar surface area (TPSA) is 264 Å². The van der Waals surface area contributed by atoms with E-state index in [9.17, 15) is 42.8 Å². The van der Waals surface area contributed by atoms with Gasteiger partial charge in [0.05, 0.1) is 12.5 Å². The SMILES string of the molecule is O=c1ccn([C@@H]2O[C@](CCl)(COP(=O)(O)OP(=O)(O)OP(=O)(O)O)[C@H](O)[C@]2(O)F)c(=O)[nH]1. The molecule has 2 heterocycles. The van der Waals surface area contributed by atoms with Crippen LogP contribution in [-0.2, 0) is 31.6 Å². The van der Waals surface area contributed by atoms with Crippen molar-refractivity contribution in [1.29, 1.82) is 0 Å². The van der Waals surface area contributed by atoms with Crippen molar-refractivity contribution in [1.82, 2.24) is 9.55 Å². The molecule has 6 atom stereocenters. The number of phosphoric acid groups is 3. The van der Waals surface area contributed by atoms with Crippen LogP contribution in [0.15, 0.2) is 21.9 Å². The first kappa shape index (κ1) is 27.4. The quantitative estimate of drug-likeness (QED) is 0.135. The van der Waals surface area contributed by atoms with Gasteiger partial charge in [-0.25, -0.2) is 22.9 Å². The molecule has 0 amide bonds. The fourth-order valence-corrected chi connectivity index (χ4v) is 5.85. The van der Waals surface area contributed by atoms with E-state index in [0.717, 1.165) is 6.07 Å². The van der Waals surface area contributed by atoms with Gasteiger partial charge >= 0.3 is 29.2 Å². The Hall–Kier alpha value is -0.810. The zero-order valence-electron chi connectivity index (χ0n) is 15.1. The van der Waals surface area contributed by atoms with Gasteiger partial charge in [-0.05, 0) is 0 Å². The lowest BCUT2D eigenvalue weighted by Crippen LogP contribution is -2.52. The van der Waals surface area contributed by atoms with Crippen molar-refractivity contribution in [2.45, 2.75) is 23.8 Å². The Kier molecular flexibility index (Phi) is 7.80. The van der Waals surface area contributed by atoms with E-state index in [1.54, 1.807) is 4.98 Å². The highest BCUT2D eigenvalue weighted by molar-refractivity contribution is 7.66. The van der Waals surface area contributed by atoms with Gasteiger partial charge in [0.15, 0.2) is 0 Å². The first-order valence-electron chi connectivity index (χ1n) is 7.77. The van der Waals surface area contributed by atoms with Crippen LogP contribution in [0.5, 0.6) is 0 Å². The number of phosphoric ester groups is 1. The predicted octanol–water partition coefficient (Wildman–Crippen LogP) is -1.59. The maximum atomic E-state index is 14.9. The number of aromatic amines is 1. The molecule has 22 heteroatoms. The van der Waals surface area contributed by atoms with Crippen molar-refractivity contribution in [3.63, 3.8) is 0 Å². The minimum atomic E-state index is -5.88. The lowest BCUT2D eigenvalue weighted by Gasteiger charge is -2.30. The fourth-order valence-electron chi connectivity index (χ4n) is 2.49. The molecular weight excluding hydrogens is 535 g/mol. The molecule has 1 fully saturated rings. The second kappa shape index (κ2) is 9.09. The first-order chi connectivity index (χ1) is 14.3. The van der Waals surface area contributed by atoms with Crippen molar-refractivity contribution < 1.29 is 65.8 Å². The zero-order valence-corrected chi connectivity index (χ0v) is 18.6. The highest BCUT2D eigenvalue weighted by atomic mass is 35.5. The summed E-state index contributed by atoms with van der Waals surface area (Å²) in [5.74, 6) is -4.78. The molecule has 2 unspecified atom stereocenters. The predicted molar refractivity (Wildman–Crippen MR) is 96.8 cm³/mol. The van der Waals surface area contributed by atoms with E-state index in [2.05, 4.69) is 13.1 Å². The average molecular weight is 551 g/mol. The van der Waals surface area contributed by atoms with E-state index in [1.807, 2.05) is 0 Å². The summed E-state index contributed by atoms with van der Waals surface area (Å²) in [6.07, 6.45) is -4.36. The maximum absolute atomic E-state index is 14.9. The molecule has 0 saturated carbocycles. The molecule has 1 aliphatic heterocycles. The molecule has 1 aliphatic rings. The van der Waals surface area contributed by atoms with Gasteiger partial charge in [-0.3, -0.25) is 18.9 Å². The molecule has 32 heavy (non-hydrogen) atoms. The van der Waals surface area contributed by atoms with E-state index in [4.69, 9.17) is 31.0 Å². The number of hydrogen-bond donors (Lipinski definition) is 7. The van der Waals surface area contributed by atoms with Crippen LogP contribution < -0.4 is 11.2 Å². The summed E-state index contributed by atoms with van der Waals surface area (Å²) >= 11 is 5.62. The van der Waals surface area contributed by atoms with Gasteiger partial charge in [-0.2, -0.15) is 8.62 Å². The van der Waals surface area contributed by atoms with E-state index in [0.29, 0.717) is 10.8 Å². The van der Waals surface area contributed by atoms with Crippen molar-refractivity contribution in [3.8, 4) is 0 Å². The van der Waals surface area contributed by atoms with E-state index >= 15 is 0 Å². The van der Waals surface area contributed by atoms with Gasteiger partial charge in [-0.1, -0.05) is 0 Å².